The number of ether oxygens (including phenoxy) is 1. The zero-order valence-electron chi connectivity index (χ0n) is 35.7. The number of rotatable bonds is 17. The molecule has 0 bridgehead atoms. The summed E-state index contributed by atoms with van der Waals surface area (Å²) in [5.41, 5.74) is 5.56. The number of nitrogens with zero attached hydrogens (tertiary/aromatic N) is 4. The van der Waals surface area contributed by atoms with E-state index in [9.17, 15) is 23.3 Å². The number of allylic oxidation sites excluding steroid dienone is 1. The summed E-state index contributed by atoms with van der Waals surface area (Å²) in [5.74, 6) is -0.213. The summed E-state index contributed by atoms with van der Waals surface area (Å²) < 4.78 is 35.8. The molecule has 328 valence electrons. The van der Waals surface area contributed by atoms with Gasteiger partial charge in [-0.15, -0.1) is 0 Å². The van der Waals surface area contributed by atoms with Crippen LogP contribution in [0.4, 0.5) is 17.1 Å². The van der Waals surface area contributed by atoms with Crippen molar-refractivity contribution >= 4 is 61.2 Å². The van der Waals surface area contributed by atoms with Gasteiger partial charge in [0, 0.05) is 73.7 Å². The maximum absolute atomic E-state index is 13.9. The first kappa shape index (κ1) is 44.6. The number of piperazine rings is 1. The number of hydrogen-bond donors (Lipinski definition) is 4. The molecule has 5 aromatic rings. The maximum atomic E-state index is 13.9. The number of fused-ring (bicyclic) bond motifs is 1. The number of pyridine rings is 1. The third kappa shape index (κ3) is 10.8. The van der Waals surface area contributed by atoms with Crippen molar-refractivity contribution in [1.82, 2.24) is 24.9 Å². The van der Waals surface area contributed by atoms with Crippen molar-refractivity contribution in [3.05, 3.63) is 117 Å². The van der Waals surface area contributed by atoms with Gasteiger partial charge >= 0.3 is 0 Å². The van der Waals surface area contributed by atoms with Crippen LogP contribution in [0, 0.1) is 21.4 Å². The van der Waals surface area contributed by atoms with E-state index in [1.165, 1.54) is 35.0 Å². The van der Waals surface area contributed by atoms with Crippen LogP contribution in [0.5, 0.6) is 11.5 Å². The molecule has 0 spiro atoms. The first-order chi connectivity index (χ1) is 29.7. The molecule has 3 heterocycles. The molecule has 1 saturated heterocycles. The molecule has 2 aliphatic rings. The molecule has 62 heavy (non-hydrogen) atoms. The van der Waals surface area contributed by atoms with E-state index in [0.717, 1.165) is 93.5 Å². The van der Waals surface area contributed by atoms with Crippen LogP contribution < -0.4 is 25.0 Å². The van der Waals surface area contributed by atoms with Crippen LogP contribution in [0.2, 0.25) is 5.02 Å². The fourth-order valence-corrected chi connectivity index (χ4v) is 9.36. The molecule has 0 saturated carbocycles. The number of halogens is 1. The highest BCUT2D eigenvalue weighted by molar-refractivity contribution is 7.90. The number of carbonyl (C=O) groups excluding carboxylic acids is 1. The van der Waals surface area contributed by atoms with E-state index in [1.54, 1.807) is 30.5 Å². The number of nitro benzene ring substituents is 1. The van der Waals surface area contributed by atoms with Gasteiger partial charge in [-0.3, -0.25) is 19.8 Å². The number of hydrogen-bond acceptors (Lipinski definition) is 11. The Bertz CT molecular complexity index is 2550. The number of nitro groups is 1. The quantitative estimate of drug-likeness (QED) is 0.0519. The van der Waals surface area contributed by atoms with Crippen molar-refractivity contribution in [1.29, 1.82) is 0 Å². The lowest BCUT2D eigenvalue weighted by Gasteiger charge is -2.39. The van der Waals surface area contributed by atoms with E-state index in [4.69, 9.17) is 16.3 Å². The molecule has 1 aliphatic carbocycles. The Morgan fingerprint density at radius 1 is 1.05 bits per heavy atom. The number of aromatic amines is 1. The second-order valence-corrected chi connectivity index (χ2v) is 19.1. The molecule has 3 aromatic carbocycles. The minimum Gasteiger partial charge on any atom is -0.455 e. The first-order valence-corrected chi connectivity index (χ1v) is 23.0. The number of H-pyrrole nitrogens is 1. The van der Waals surface area contributed by atoms with Gasteiger partial charge in [-0.2, -0.15) is 0 Å². The van der Waals surface area contributed by atoms with Crippen molar-refractivity contribution in [2.24, 2.45) is 11.3 Å². The SMILES string of the molecule is CCC(CCNC)CNc1ccc(S(=O)(=O)NC(=O)c2ccc(N3CCN(CC4=C(c5ccc(Cl)cc5)CC(C)(C)CC4)CC3)cc2Oc2cnc3[nH]ccc3c2)cc1[N+](=O)[O-]. The smallest absolute Gasteiger partial charge is 0.293 e. The highest BCUT2D eigenvalue weighted by atomic mass is 35.5. The largest absolute Gasteiger partial charge is 0.455 e. The standard InChI is InChI=1S/C46H55ClN8O6S/c1-5-31(15-18-48-4)28-50-41-13-11-38(26-42(41)55(57)58)62(59,60)52-45(56)39-12-10-36(25-43(39)61-37-24-33-16-19-49-44(33)51-29-37)54-22-20-53(21-23-54)30-34-14-17-46(2,3)27-40(34)32-6-8-35(47)9-7-32/h6-13,16,19,24-26,29,31,48,50H,5,14-15,17-18,20-23,27-28,30H2,1-4H3,(H,49,51)(H,52,56). The third-order valence-corrected chi connectivity index (χ3v) is 13.6. The Labute approximate surface area is 368 Å². The summed E-state index contributed by atoms with van der Waals surface area (Å²) in [6, 6.07) is 20.5. The summed E-state index contributed by atoms with van der Waals surface area (Å²) in [7, 11) is -2.69. The van der Waals surface area contributed by atoms with Crippen molar-refractivity contribution in [2.75, 3.05) is 63.1 Å². The van der Waals surface area contributed by atoms with Crippen LogP contribution in [0.3, 0.4) is 0 Å². The molecule has 2 aromatic heterocycles. The van der Waals surface area contributed by atoms with Crippen molar-refractivity contribution in [3.63, 3.8) is 0 Å². The second-order valence-electron chi connectivity index (χ2n) is 17.0. The fourth-order valence-electron chi connectivity index (χ4n) is 8.25. The Hall–Kier alpha value is -5.48. The predicted molar refractivity (Wildman–Crippen MR) is 246 cm³/mol. The van der Waals surface area contributed by atoms with E-state index in [2.05, 4.69) is 61.1 Å². The Balaban J connectivity index is 1.10. The Morgan fingerprint density at radius 3 is 2.55 bits per heavy atom. The molecule has 16 heteroatoms. The topological polar surface area (TPSA) is 175 Å². The number of aromatic nitrogens is 2. The first-order valence-electron chi connectivity index (χ1n) is 21.1. The number of anilines is 2. The number of benzene rings is 3. The summed E-state index contributed by atoms with van der Waals surface area (Å²) in [5, 5.41) is 19.9. The van der Waals surface area contributed by atoms with Gasteiger partial charge in [-0.1, -0.05) is 56.5 Å². The van der Waals surface area contributed by atoms with Crippen LogP contribution in [-0.4, -0.2) is 87.0 Å². The fraction of sp³-hybridized carbons (Fsp3) is 0.391. The van der Waals surface area contributed by atoms with Gasteiger partial charge in [-0.05, 0) is 110 Å². The van der Waals surface area contributed by atoms with Crippen molar-refractivity contribution in [3.8, 4) is 11.5 Å². The molecule has 1 atom stereocenters. The van der Waals surface area contributed by atoms with E-state index in [1.807, 2.05) is 32.2 Å². The van der Waals surface area contributed by atoms with E-state index >= 15 is 0 Å². The molecular weight excluding hydrogens is 828 g/mol. The summed E-state index contributed by atoms with van der Waals surface area (Å²) >= 11 is 6.24. The Kier molecular flexibility index (Phi) is 13.9. The molecular formula is C46H55ClN8O6S. The molecule has 14 nitrogen and oxygen atoms in total. The van der Waals surface area contributed by atoms with E-state index in [0.29, 0.717) is 17.9 Å². The van der Waals surface area contributed by atoms with Gasteiger partial charge in [0.2, 0.25) is 0 Å². The van der Waals surface area contributed by atoms with Crippen LogP contribution >= 0.6 is 11.6 Å². The third-order valence-electron chi connectivity index (χ3n) is 12.0. The molecule has 1 aliphatic heterocycles. The van der Waals surface area contributed by atoms with Gasteiger partial charge in [0.15, 0.2) is 0 Å². The van der Waals surface area contributed by atoms with Crippen LogP contribution in [0.25, 0.3) is 16.6 Å². The van der Waals surface area contributed by atoms with Gasteiger partial charge in [0.1, 0.15) is 22.8 Å². The minimum absolute atomic E-state index is 0.0352. The lowest BCUT2D eigenvalue weighted by atomic mass is 9.72. The molecule has 1 amide bonds. The second kappa shape index (κ2) is 19.3. The normalized spacial score (nSPS) is 16.3. The molecule has 4 N–H and O–H groups in total. The van der Waals surface area contributed by atoms with Gasteiger partial charge < -0.3 is 25.3 Å². The zero-order valence-corrected chi connectivity index (χ0v) is 37.2. The lowest BCUT2D eigenvalue weighted by Crippen LogP contribution is -2.47. The number of sulfonamides is 1. The summed E-state index contributed by atoms with van der Waals surface area (Å²) in [6.45, 7) is 12.0. The van der Waals surface area contributed by atoms with Crippen molar-refractivity contribution < 1.29 is 22.9 Å². The maximum Gasteiger partial charge on any atom is 0.293 e. The summed E-state index contributed by atoms with van der Waals surface area (Å²) in [6.07, 6.45) is 8.22. The highest BCUT2D eigenvalue weighted by Crippen LogP contribution is 2.43. The number of amides is 1. The van der Waals surface area contributed by atoms with Gasteiger partial charge in [0.05, 0.1) is 21.6 Å². The van der Waals surface area contributed by atoms with Gasteiger partial charge in [0.25, 0.3) is 21.6 Å². The van der Waals surface area contributed by atoms with Gasteiger partial charge in [-0.25, -0.2) is 18.1 Å². The highest BCUT2D eigenvalue weighted by Gasteiger charge is 2.30. The lowest BCUT2D eigenvalue weighted by molar-refractivity contribution is -0.384. The van der Waals surface area contributed by atoms with Crippen molar-refractivity contribution in [2.45, 2.75) is 57.8 Å². The van der Waals surface area contributed by atoms with E-state index in [-0.39, 0.29) is 28.3 Å². The average Bonchev–Trinajstić information content (AvgIpc) is 3.73. The molecule has 7 rings (SSSR count). The summed E-state index contributed by atoms with van der Waals surface area (Å²) in [4.78, 5) is 37.2. The predicted octanol–water partition coefficient (Wildman–Crippen LogP) is 8.87. The van der Waals surface area contributed by atoms with Crippen LogP contribution in [0.1, 0.15) is 68.8 Å². The average molecular weight is 884 g/mol. The molecule has 1 fully saturated rings. The monoisotopic (exact) mass is 882 g/mol. The number of nitrogens with one attached hydrogen (secondary N) is 4. The zero-order chi connectivity index (χ0) is 44.0. The van der Waals surface area contributed by atoms with Crippen LogP contribution in [0.15, 0.2) is 95.7 Å². The molecule has 1 unspecified atom stereocenters. The Morgan fingerprint density at radius 2 is 1.82 bits per heavy atom. The number of carbonyl (C=O) groups is 1. The minimum atomic E-state index is -4.56. The van der Waals surface area contributed by atoms with E-state index < -0.39 is 31.4 Å². The van der Waals surface area contributed by atoms with Crippen LogP contribution in [-0.2, 0) is 10.0 Å². The molecule has 0 radical (unpaired) electrons.